The molecule has 3 N–H and O–H groups in total. The highest BCUT2D eigenvalue weighted by Crippen LogP contribution is 2.34. The highest BCUT2D eigenvalue weighted by molar-refractivity contribution is 6.40. The number of rotatable bonds is 6. The molecule has 0 bridgehead atoms. The molecular weight excluding hydrogens is 388 g/mol. The number of aliphatic hydroxyl groups is 1. The van der Waals surface area contributed by atoms with Gasteiger partial charge in [-0.25, -0.2) is 0 Å². The van der Waals surface area contributed by atoms with Crippen molar-refractivity contribution in [3.05, 3.63) is 47.0 Å². The van der Waals surface area contributed by atoms with Gasteiger partial charge in [0.15, 0.2) is 11.5 Å². The summed E-state index contributed by atoms with van der Waals surface area (Å²) in [6.07, 6.45) is -0.592. The number of amides is 2. The molecule has 0 saturated heterocycles. The van der Waals surface area contributed by atoms with Crippen LogP contribution in [0.1, 0.15) is 18.1 Å². The van der Waals surface area contributed by atoms with Gasteiger partial charge in [-0.05, 0) is 42.3 Å². The maximum Gasteiger partial charge on any atom is 0.313 e. The number of nitrogens with one attached hydrogen (secondary N) is 2. The van der Waals surface area contributed by atoms with E-state index in [0.717, 1.165) is 0 Å². The molecule has 0 spiro atoms. The van der Waals surface area contributed by atoms with Crippen LogP contribution in [0.15, 0.2) is 36.4 Å². The first-order valence-electron chi connectivity index (χ1n) is 8.48. The number of hydrogen-bond acceptors (Lipinski definition) is 6. The average molecular weight is 407 g/mol. The van der Waals surface area contributed by atoms with Crippen molar-refractivity contribution in [1.82, 2.24) is 5.32 Å². The molecule has 0 fully saturated rings. The third kappa shape index (κ3) is 4.65. The minimum Gasteiger partial charge on any atom is -0.495 e. The summed E-state index contributed by atoms with van der Waals surface area (Å²) in [5.74, 6) is 0.00271. The second-order valence-corrected chi connectivity index (χ2v) is 6.38. The number of hydrogen-bond donors (Lipinski definition) is 3. The van der Waals surface area contributed by atoms with E-state index in [1.165, 1.54) is 13.2 Å². The minimum absolute atomic E-state index is 0.116. The average Bonchev–Trinajstić information content (AvgIpc) is 3.15. The number of carbonyl (C=O) groups is 2. The van der Waals surface area contributed by atoms with Gasteiger partial charge in [-0.2, -0.15) is 0 Å². The van der Waals surface area contributed by atoms with Crippen LogP contribution >= 0.6 is 11.6 Å². The van der Waals surface area contributed by atoms with E-state index in [9.17, 15) is 14.7 Å². The van der Waals surface area contributed by atoms with Gasteiger partial charge in [0.2, 0.25) is 6.79 Å². The standard InChI is InChI=1S/C19H19ClN2O6/c1-26-15-5-3-12(9-13(15)20)22-19(25)18(24)21-7-6-14(23)11-2-4-16-17(8-11)28-10-27-16/h2-5,8-9,14,23H,6-7,10H2,1H3,(H,21,24)(H,22,25). The summed E-state index contributed by atoms with van der Waals surface area (Å²) in [5.41, 5.74) is 1.00. The van der Waals surface area contributed by atoms with Gasteiger partial charge in [0.05, 0.1) is 18.2 Å². The van der Waals surface area contributed by atoms with Crippen molar-refractivity contribution in [3.8, 4) is 17.2 Å². The Balaban J connectivity index is 1.47. The summed E-state index contributed by atoms with van der Waals surface area (Å²) in [4.78, 5) is 23.9. The predicted molar refractivity (Wildman–Crippen MR) is 102 cm³/mol. The fourth-order valence-electron chi connectivity index (χ4n) is 2.62. The lowest BCUT2D eigenvalue weighted by Crippen LogP contribution is -2.36. The highest BCUT2D eigenvalue weighted by atomic mass is 35.5. The Kier molecular flexibility index (Phi) is 6.23. The van der Waals surface area contributed by atoms with Crippen molar-refractivity contribution in [3.63, 3.8) is 0 Å². The third-order valence-electron chi connectivity index (χ3n) is 4.10. The molecule has 3 rings (SSSR count). The van der Waals surface area contributed by atoms with Crippen molar-refractivity contribution in [1.29, 1.82) is 0 Å². The number of fused-ring (bicyclic) bond motifs is 1. The van der Waals surface area contributed by atoms with Gasteiger partial charge in [0.1, 0.15) is 5.75 Å². The molecule has 2 aromatic rings. The zero-order valence-corrected chi connectivity index (χ0v) is 15.8. The molecule has 0 saturated carbocycles. The van der Waals surface area contributed by atoms with Crippen LogP contribution in [0, 0.1) is 0 Å². The fourth-order valence-corrected chi connectivity index (χ4v) is 2.88. The first-order valence-corrected chi connectivity index (χ1v) is 8.86. The Morgan fingerprint density at radius 2 is 1.96 bits per heavy atom. The lowest BCUT2D eigenvalue weighted by atomic mass is 10.1. The predicted octanol–water partition coefficient (Wildman–Crippen LogP) is 2.26. The molecule has 28 heavy (non-hydrogen) atoms. The number of halogens is 1. The van der Waals surface area contributed by atoms with E-state index in [1.807, 2.05) is 0 Å². The van der Waals surface area contributed by atoms with Gasteiger partial charge in [-0.3, -0.25) is 9.59 Å². The Morgan fingerprint density at radius 1 is 1.18 bits per heavy atom. The summed E-state index contributed by atoms with van der Waals surface area (Å²) in [6, 6.07) is 9.76. The second-order valence-electron chi connectivity index (χ2n) is 5.98. The summed E-state index contributed by atoms with van der Waals surface area (Å²) in [5, 5.41) is 15.5. The Bertz CT molecular complexity index is 889. The van der Waals surface area contributed by atoms with E-state index >= 15 is 0 Å². The molecule has 1 atom stereocenters. The molecule has 148 valence electrons. The highest BCUT2D eigenvalue weighted by Gasteiger charge is 2.18. The maximum atomic E-state index is 12.0. The van der Waals surface area contributed by atoms with E-state index in [4.69, 9.17) is 25.8 Å². The van der Waals surface area contributed by atoms with Gasteiger partial charge >= 0.3 is 11.8 Å². The second kappa shape index (κ2) is 8.81. The minimum atomic E-state index is -0.834. The van der Waals surface area contributed by atoms with Crippen LogP contribution in [0.25, 0.3) is 0 Å². The Morgan fingerprint density at radius 3 is 2.71 bits per heavy atom. The zero-order valence-electron chi connectivity index (χ0n) is 15.0. The molecule has 0 aliphatic carbocycles. The first kappa shape index (κ1) is 19.8. The van der Waals surface area contributed by atoms with Crippen molar-refractivity contribution < 1.29 is 28.9 Å². The Hall–Kier alpha value is -2.97. The van der Waals surface area contributed by atoms with E-state index in [1.54, 1.807) is 30.3 Å². The SMILES string of the molecule is COc1ccc(NC(=O)C(=O)NCCC(O)c2ccc3c(c2)OCO3)cc1Cl. The number of anilines is 1. The molecular formula is C19H19ClN2O6. The number of carbonyl (C=O) groups excluding carboxylic acids is 2. The van der Waals surface area contributed by atoms with Crippen molar-refractivity contribution in [2.75, 3.05) is 25.8 Å². The third-order valence-corrected chi connectivity index (χ3v) is 4.40. The monoisotopic (exact) mass is 406 g/mol. The molecule has 8 nitrogen and oxygen atoms in total. The zero-order chi connectivity index (χ0) is 20.1. The summed E-state index contributed by atoms with van der Waals surface area (Å²) in [7, 11) is 1.48. The largest absolute Gasteiger partial charge is 0.495 e. The maximum absolute atomic E-state index is 12.0. The molecule has 1 aliphatic heterocycles. The van der Waals surface area contributed by atoms with Gasteiger partial charge < -0.3 is 30.0 Å². The summed E-state index contributed by atoms with van der Waals surface area (Å²) >= 11 is 5.98. The Labute approximate surface area is 166 Å². The summed E-state index contributed by atoms with van der Waals surface area (Å²) in [6.45, 7) is 0.269. The molecule has 1 heterocycles. The molecule has 1 unspecified atom stereocenters. The molecule has 2 aromatic carbocycles. The number of benzene rings is 2. The molecule has 2 amide bonds. The van der Waals surface area contributed by atoms with Crippen molar-refractivity contribution >= 4 is 29.1 Å². The topological polar surface area (TPSA) is 106 Å². The lowest BCUT2D eigenvalue weighted by Gasteiger charge is -2.12. The van der Waals surface area contributed by atoms with E-state index in [-0.39, 0.29) is 19.8 Å². The van der Waals surface area contributed by atoms with Crippen molar-refractivity contribution in [2.45, 2.75) is 12.5 Å². The van der Waals surface area contributed by atoms with E-state index in [2.05, 4.69) is 10.6 Å². The molecule has 0 aromatic heterocycles. The number of ether oxygens (including phenoxy) is 3. The van der Waals surface area contributed by atoms with Crippen molar-refractivity contribution in [2.24, 2.45) is 0 Å². The summed E-state index contributed by atoms with van der Waals surface area (Å²) < 4.78 is 15.5. The van der Waals surface area contributed by atoms with Crippen LogP contribution in [0.4, 0.5) is 5.69 Å². The van der Waals surface area contributed by atoms with Crippen LogP contribution < -0.4 is 24.8 Å². The van der Waals surface area contributed by atoms with Crippen LogP contribution in [-0.4, -0.2) is 37.4 Å². The first-order chi connectivity index (χ1) is 13.5. The van der Waals surface area contributed by atoms with Gasteiger partial charge in [0.25, 0.3) is 0 Å². The van der Waals surface area contributed by atoms with Gasteiger partial charge in [0, 0.05) is 12.2 Å². The number of aliphatic hydroxyl groups excluding tert-OH is 1. The van der Waals surface area contributed by atoms with E-state index < -0.39 is 17.9 Å². The van der Waals surface area contributed by atoms with E-state index in [0.29, 0.717) is 33.5 Å². The quantitative estimate of drug-likeness (QED) is 0.635. The molecule has 1 aliphatic rings. The van der Waals surface area contributed by atoms with Crippen LogP contribution in [-0.2, 0) is 9.59 Å². The van der Waals surface area contributed by atoms with Gasteiger partial charge in [-0.1, -0.05) is 17.7 Å². The number of methoxy groups -OCH3 is 1. The van der Waals surface area contributed by atoms with Gasteiger partial charge in [-0.15, -0.1) is 0 Å². The molecule has 9 heteroatoms. The smallest absolute Gasteiger partial charge is 0.313 e. The van der Waals surface area contributed by atoms with Crippen LogP contribution in [0.5, 0.6) is 17.2 Å². The molecule has 0 radical (unpaired) electrons. The van der Waals surface area contributed by atoms with Crippen LogP contribution in [0.3, 0.4) is 0 Å². The lowest BCUT2D eigenvalue weighted by molar-refractivity contribution is -0.136. The fraction of sp³-hybridized carbons (Fsp3) is 0.263. The normalized spacial score (nSPS) is 13.0. The van der Waals surface area contributed by atoms with Crippen LogP contribution in [0.2, 0.25) is 5.02 Å².